The Balaban J connectivity index is 2.61. The largest absolute Gasteiger partial charge is 0.306 e. The van der Waals surface area contributed by atoms with E-state index in [1.165, 1.54) is 0 Å². The van der Waals surface area contributed by atoms with Crippen LogP contribution in [0, 0.1) is 6.92 Å². The number of nitrogens with zero attached hydrogens (tertiary/aromatic N) is 1. The van der Waals surface area contributed by atoms with Crippen molar-refractivity contribution in [2.75, 3.05) is 0 Å². The van der Waals surface area contributed by atoms with Crippen LogP contribution in [0.15, 0.2) is 31.9 Å². The van der Waals surface area contributed by atoms with Gasteiger partial charge in [0.2, 0.25) is 0 Å². The fourth-order valence-corrected chi connectivity index (χ4v) is 1.97. The van der Waals surface area contributed by atoms with Gasteiger partial charge in [-0.05, 0) is 50.9 Å². The number of aryl methyl sites for hydroxylation is 1. The van der Waals surface area contributed by atoms with Crippen LogP contribution in [0.5, 0.6) is 0 Å². The SMILES string of the molecule is Cc1nc(-c2ccc(Br)c(Cl)c2)[nH]c(=O)c1Br. The number of hydrogen-bond donors (Lipinski definition) is 1. The second kappa shape index (κ2) is 4.92. The summed E-state index contributed by atoms with van der Waals surface area (Å²) in [4.78, 5) is 18.6. The highest BCUT2D eigenvalue weighted by Gasteiger charge is 2.08. The molecule has 0 aliphatic carbocycles. The van der Waals surface area contributed by atoms with Gasteiger partial charge in [0, 0.05) is 10.0 Å². The highest BCUT2D eigenvalue weighted by atomic mass is 79.9. The average molecular weight is 378 g/mol. The fraction of sp³-hybridized carbons (Fsp3) is 0.0909. The molecule has 0 radical (unpaired) electrons. The van der Waals surface area contributed by atoms with Crippen LogP contribution >= 0.6 is 43.5 Å². The lowest BCUT2D eigenvalue weighted by Crippen LogP contribution is -2.11. The number of aromatic amines is 1. The summed E-state index contributed by atoms with van der Waals surface area (Å²) in [5.41, 5.74) is 1.21. The van der Waals surface area contributed by atoms with Crippen LogP contribution < -0.4 is 5.56 Å². The molecule has 0 aliphatic heterocycles. The van der Waals surface area contributed by atoms with E-state index in [9.17, 15) is 4.79 Å². The number of rotatable bonds is 1. The maximum atomic E-state index is 11.6. The van der Waals surface area contributed by atoms with E-state index in [0.29, 0.717) is 21.0 Å². The summed E-state index contributed by atoms with van der Waals surface area (Å²) in [5, 5.41) is 0.575. The standard InChI is InChI=1S/C11H7Br2ClN2O/c1-5-9(13)11(17)16-10(15-5)6-2-3-7(12)8(14)4-6/h2-4H,1H3,(H,15,16,17). The maximum Gasteiger partial charge on any atom is 0.265 e. The quantitative estimate of drug-likeness (QED) is 0.817. The van der Waals surface area contributed by atoms with Gasteiger partial charge in [0.15, 0.2) is 0 Å². The third-order valence-corrected chi connectivity index (χ3v) is 4.39. The Labute approximate surface area is 119 Å². The van der Waals surface area contributed by atoms with E-state index in [1.54, 1.807) is 13.0 Å². The van der Waals surface area contributed by atoms with Gasteiger partial charge in [-0.2, -0.15) is 0 Å². The second-order valence-electron chi connectivity index (χ2n) is 3.44. The van der Waals surface area contributed by atoms with Gasteiger partial charge in [0.25, 0.3) is 5.56 Å². The predicted molar refractivity (Wildman–Crippen MR) is 75.4 cm³/mol. The van der Waals surface area contributed by atoms with Crippen LogP contribution in [-0.4, -0.2) is 9.97 Å². The van der Waals surface area contributed by atoms with Crippen molar-refractivity contribution >= 4 is 43.5 Å². The van der Waals surface area contributed by atoms with Crippen molar-refractivity contribution in [3.05, 3.63) is 48.2 Å². The van der Waals surface area contributed by atoms with E-state index in [0.717, 1.165) is 10.0 Å². The van der Waals surface area contributed by atoms with Crippen molar-refractivity contribution in [3.63, 3.8) is 0 Å². The van der Waals surface area contributed by atoms with Gasteiger partial charge in [-0.15, -0.1) is 0 Å². The number of H-pyrrole nitrogens is 1. The third-order valence-electron chi connectivity index (χ3n) is 2.22. The topological polar surface area (TPSA) is 45.8 Å². The molecular formula is C11H7Br2ClN2O. The highest BCUT2D eigenvalue weighted by Crippen LogP contribution is 2.27. The zero-order valence-electron chi connectivity index (χ0n) is 8.72. The van der Waals surface area contributed by atoms with Crippen LogP contribution in [0.1, 0.15) is 5.69 Å². The summed E-state index contributed by atoms with van der Waals surface area (Å²) < 4.78 is 1.25. The lowest BCUT2D eigenvalue weighted by atomic mass is 10.2. The fourth-order valence-electron chi connectivity index (χ4n) is 1.35. The zero-order chi connectivity index (χ0) is 12.6. The first-order valence-corrected chi connectivity index (χ1v) is 6.67. The molecule has 1 heterocycles. The van der Waals surface area contributed by atoms with Crippen LogP contribution in [0.3, 0.4) is 0 Å². The maximum absolute atomic E-state index is 11.6. The van der Waals surface area contributed by atoms with E-state index in [-0.39, 0.29) is 5.56 Å². The Morgan fingerprint density at radius 1 is 1.35 bits per heavy atom. The number of nitrogens with one attached hydrogen (secondary N) is 1. The van der Waals surface area contributed by atoms with Gasteiger partial charge in [-0.25, -0.2) is 4.98 Å². The molecule has 2 aromatic rings. The molecule has 0 aliphatic rings. The van der Waals surface area contributed by atoms with E-state index in [4.69, 9.17) is 11.6 Å². The van der Waals surface area contributed by atoms with E-state index >= 15 is 0 Å². The van der Waals surface area contributed by atoms with Crippen molar-refractivity contribution in [1.82, 2.24) is 9.97 Å². The van der Waals surface area contributed by atoms with Crippen LogP contribution in [0.25, 0.3) is 11.4 Å². The molecule has 2 rings (SSSR count). The summed E-state index contributed by atoms with van der Waals surface area (Å²) in [7, 11) is 0. The molecule has 88 valence electrons. The van der Waals surface area contributed by atoms with Gasteiger partial charge < -0.3 is 4.98 Å². The first-order chi connectivity index (χ1) is 7.99. The van der Waals surface area contributed by atoms with Crippen molar-refractivity contribution in [2.24, 2.45) is 0 Å². The zero-order valence-corrected chi connectivity index (χ0v) is 12.6. The number of aromatic nitrogens is 2. The monoisotopic (exact) mass is 376 g/mol. The van der Waals surface area contributed by atoms with Crippen molar-refractivity contribution in [2.45, 2.75) is 6.92 Å². The molecule has 1 aromatic heterocycles. The Morgan fingerprint density at radius 2 is 2.06 bits per heavy atom. The van der Waals surface area contributed by atoms with Crippen molar-refractivity contribution < 1.29 is 0 Å². The normalized spacial score (nSPS) is 10.6. The second-order valence-corrected chi connectivity index (χ2v) is 5.50. The number of hydrogen-bond acceptors (Lipinski definition) is 2. The molecule has 0 unspecified atom stereocenters. The molecule has 6 heteroatoms. The lowest BCUT2D eigenvalue weighted by molar-refractivity contribution is 1.05. The van der Waals surface area contributed by atoms with E-state index < -0.39 is 0 Å². The molecule has 0 atom stereocenters. The smallest absolute Gasteiger partial charge is 0.265 e. The molecule has 0 spiro atoms. The van der Waals surface area contributed by atoms with Crippen LogP contribution in [0.2, 0.25) is 5.02 Å². The third kappa shape index (κ3) is 2.61. The predicted octanol–water partition coefficient (Wildman–Crippen LogP) is 3.92. The van der Waals surface area contributed by atoms with Gasteiger partial charge in [0.05, 0.1) is 10.7 Å². The van der Waals surface area contributed by atoms with Crippen LogP contribution in [-0.2, 0) is 0 Å². The van der Waals surface area contributed by atoms with E-state index in [1.807, 2.05) is 12.1 Å². The average Bonchev–Trinajstić information content (AvgIpc) is 2.29. The minimum Gasteiger partial charge on any atom is -0.306 e. The van der Waals surface area contributed by atoms with Crippen molar-refractivity contribution in [1.29, 1.82) is 0 Å². The summed E-state index contributed by atoms with van der Waals surface area (Å²) >= 11 is 12.5. The molecule has 1 aromatic carbocycles. The van der Waals surface area contributed by atoms with Gasteiger partial charge in [-0.1, -0.05) is 17.7 Å². The van der Waals surface area contributed by atoms with E-state index in [2.05, 4.69) is 41.8 Å². The Hall–Kier alpha value is -0.650. The Morgan fingerprint density at radius 3 is 2.65 bits per heavy atom. The molecule has 0 bridgehead atoms. The first kappa shape index (κ1) is 12.8. The Kier molecular flexibility index (Phi) is 3.70. The molecule has 17 heavy (non-hydrogen) atoms. The Bertz CT molecular complexity index is 640. The lowest BCUT2D eigenvalue weighted by Gasteiger charge is -2.04. The van der Waals surface area contributed by atoms with Gasteiger partial charge in [-0.3, -0.25) is 4.79 Å². The summed E-state index contributed by atoms with van der Waals surface area (Å²) in [6, 6.07) is 5.40. The summed E-state index contributed by atoms with van der Waals surface area (Å²) in [6.07, 6.45) is 0. The number of halogens is 3. The first-order valence-electron chi connectivity index (χ1n) is 4.71. The van der Waals surface area contributed by atoms with Gasteiger partial charge >= 0.3 is 0 Å². The molecule has 0 saturated heterocycles. The molecule has 0 fully saturated rings. The molecule has 1 N–H and O–H groups in total. The molecular weight excluding hydrogens is 371 g/mol. The molecule has 0 amide bonds. The highest BCUT2D eigenvalue weighted by molar-refractivity contribution is 9.10. The van der Waals surface area contributed by atoms with Crippen molar-refractivity contribution in [3.8, 4) is 11.4 Å². The molecule has 3 nitrogen and oxygen atoms in total. The minimum atomic E-state index is -0.202. The van der Waals surface area contributed by atoms with Gasteiger partial charge in [0.1, 0.15) is 10.3 Å². The van der Waals surface area contributed by atoms with Crippen LogP contribution in [0.4, 0.5) is 0 Å². The summed E-state index contributed by atoms with van der Waals surface area (Å²) in [6.45, 7) is 1.77. The minimum absolute atomic E-state index is 0.202. The number of benzene rings is 1. The molecule has 0 saturated carbocycles. The summed E-state index contributed by atoms with van der Waals surface area (Å²) in [5.74, 6) is 0.505.